The van der Waals surface area contributed by atoms with Crippen molar-refractivity contribution in [3.8, 4) is 16.9 Å². The second-order valence-corrected chi connectivity index (χ2v) is 8.70. The summed E-state index contributed by atoms with van der Waals surface area (Å²) in [5, 5.41) is 9.92. The maximum Gasteiger partial charge on any atom is 0.337 e. The zero-order chi connectivity index (χ0) is 20.6. The van der Waals surface area contributed by atoms with E-state index in [1.165, 1.54) is 0 Å². The largest absolute Gasteiger partial charge is 0.493 e. The van der Waals surface area contributed by atoms with Crippen LogP contribution in [-0.2, 0) is 16.0 Å². The van der Waals surface area contributed by atoms with Gasteiger partial charge in [0.25, 0.3) is 0 Å². The molecule has 7 heteroatoms. The van der Waals surface area contributed by atoms with Crippen LogP contribution in [-0.4, -0.2) is 28.3 Å². The number of carboxylic acids is 1. The molecule has 1 aromatic carbocycles. The summed E-state index contributed by atoms with van der Waals surface area (Å²) in [6.07, 6.45) is 0.690. The Morgan fingerprint density at radius 2 is 2.11 bits per heavy atom. The smallest absolute Gasteiger partial charge is 0.337 e. The van der Waals surface area contributed by atoms with Gasteiger partial charge in [-0.05, 0) is 79.7 Å². The number of benzene rings is 1. The first kappa shape index (κ1) is 20.6. The van der Waals surface area contributed by atoms with Gasteiger partial charge in [-0.1, -0.05) is 6.07 Å². The van der Waals surface area contributed by atoms with E-state index in [2.05, 4.69) is 20.9 Å². The average Bonchev–Trinajstić information content (AvgIpc) is 2.61. The molecule has 1 aliphatic rings. The summed E-state index contributed by atoms with van der Waals surface area (Å²) >= 11 is 3.53. The van der Waals surface area contributed by atoms with E-state index in [0.717, 1.165) is 29.7 Å². The Hall–Kier alpha value is -2.12. The Bertz CT molecular complexity index is 922. The summed E-state index contributed by atoms with van der Waals surface area (Å²) in [6, 6.07) is 5.88. The van der Waals surface area contributed by atoms with E-state index in [0.29, 0.717) is 33.7 Å². The molecule has 0 amide bonds. The van der Waals surface area contributed by atoms with Gasteiger partial charge in [0.2, 0.25) is 0 Å². The molecule has 1 aliphatic heterocycles. The van der Waals surface area contributed by atoms with Crippen LogP contribution in [0.2, 0.25) is 0 Å². The van der Waals surface area contributed by atoms with Gasteiger partial charge < -0.3 is 20.3 Å². The van der Waals surface area contributed by atoms with Crippen LogP contribution in [0.4, 0.5) is 5.82 Å². The van der Waals surface area contributed by atoms with E-state index in [-0.39, 0.29) is 0 Å². The number of carbonyl (C=O) groups is 1. The van der Waals surface area contributed by atoms with Crippen LogP contribution in [0.3, 0.4) is 0 Å². The minimum Gasteiger partial charge on any atom is -0.493 e. The standard InChI is InChI=1S/C21H25BrN2O4/c1-11-15(18(20(25)26)28-21(2,3)4)16(17(22)19(23)24-11)13-7-8-14-12(10-13)6-5-9-27-14/h7-8,10,18H,5-6,9H2,1-4H3,(H2,23,24)(H,25,26). The quantitative estimate of drug-likeness (QED) is 0.705. The molecule has 0 spiro atoms. The van der Waals surface area contributed by atoms with Gasteiger partial charge >= 0.3 is 5.97 Å². The molecule has 1 unspecified atom stereocenters. The number of aliphatic carboxylic acids is 1. The van der Waals surface area contributed by atoms with E-state index >= 15 is 0 Å². The van der Waals surface area contributed by atoms with E-state index in [4.69, 9.17) is 15.2 Å². The summed E-state index contributed by atoms with van der Waals surface area (Å²) in [5.41, 5.74) is 9.12. The molecule has 28 heavy (non-hydrogen) atoms. The highest BCUT2D eigenvalue weighted by molar-refractivity contribution is 9.10. The Labute approximate surface area is 173 Å². The van der Waals surface area contributed by atoms with Crippen molar-refractivity contribution in [2.45, 2.75) is 52.2 Å². The fourth-order valence-electron chi connectivity index (χ4n) is 3.42. The van der Waals surface area contributed by atoms with Crippen molar-refractivity contribution in [1.82, 2.24) is 4.98 Å². The van der Waals surface area contributed by atoms with Crippen molar-refractivity contribution in [3.05, 3.63) is 39.5 Å². The molecule has 6 nitrogen and oxygen atoms in total. The maximum absolute atomic E-state index is 12.1. The molecule has 2 aromatic rings. The highest BCUT2D eigenvalue weighted by atomic mass is 79.9. The summed E-state index contributed by atoms with van der Waals surface area (Å²) < 4.78 is 12.2. The molecule has 2 heterocycles. The number of rotatable bonds is 4. The maximum atomic E-state index is 12.1. The van der Waals surface area contributed by atoms with Crippen molar-refractivity contribution in [3.63, 3.8) is 0 Å². The second kappa shape index (κ2) is 7.72. The van der Waals surface area contributed by atoms with Gasteiger partial charge in [-0.25, -0.2) is 9.78 Å². The number of nitrogens with two attached hydrogens (primary N) is 1. The molecule has 150 valence electrons. The predicted octanol–water partition coefficient (Wildman–Crippen LogP) is 4.67. The van der Waals surface area contributed by atoms with Crippen LogP contribution in [0, 0.1) is 6.92 Å². The normalized spacial score (nSPS) is 14.9. The number of nitrogens with zero attached hydrogens (tertiary/aromatic N) is 1. The van der Waals surface area contributed by atoms with Crippen LogP contribution < -0.4 is 10.5 Å². The second-order valence-electron chi connectivity index (χ2n) is 7.91. The lowest BCUT2D eigenvalue weighted by atomic mass is 9.92. The van der Waals surface area contributed by atoms with Crippen molar-refractivity contribution >= 4 is 27.7 Å². The molecule has 3 N–H and O–H groups in total. The molecule has 0 fully saturated rings. The van der Waals surface area contributed by atoms with Crippen molar-refractivity contribution < 1.29 is 19.4 Å². The Morgan fingerprint density at radius 3 is 2.75 bits per heavy atom. The molecule has 0 radical (unpaired) electrons. The van der Waals surface area contributed by atoms with Crippen LogP contribution in [0.1, 0.15) is 50.1 Å². The summed E-state index contributed by atoms with van der Waals surface area (Å²) in [7, 11) is 0. The first-order chi connectivity index (χ1) is 13.1. The third-order valence-electron chi connectivity index (χ3n) is 4.55. The minimum atomic E-state index is -1.17. The zero-order valence-corrected chi connectivity index (χ0v) is 18.1. The molecule has 0 aliphatic carbocycles. The van der Waals surface area contributed by atoms with Crippen molar-refractivity contribution in [1.29, 1.82) is 0 Å². The first-order valence-corrected chi connectivity index (χ1v) is 10.00. The number of carboxylic acid groups (broad SMARTS) is 1. The number of anilines is 1. The number of halogens is 1. The molecule has 0 saturated carbocycles. The number of aromatic nitrogens is 1. The molecular weight excluding hydrogens is 424 g/mol. The molecular formula is C21H25BrN2O4. The van der Waals surface area contributed by atoms with Crippen molar-refractivity contribution in [2.24, 2.45) is 0 Å². The lowest BCUT2D eigenvalue weighted by Crippen LogP contribution is -2.28. The lowest BCUT2D eigenvalue weighted by Gasteiger charge is -2.28. The fraction of sp³-hybridized carbons (Fsp3) is 0.429. The highest BCUT2D eigenvalue weighted by Crippen LogP contribution is 2.42. The number of hydrogen-bond acceptors (Lipinski definition) is 5. The summed E-state index contributed by atoms with van der Waals surface area (Å²) in [4.78, 5) is 16.5. The topological polar surface area (TPSA) is 94.7 Å². The van der Waals surface area contributed by atoms with Gasteiger partial charge in [-0.15, -0.1) is 0 Å². The molecule has 1 atom stereocenters. The van der Waals surface area contributed by atoms with Gasteiger partial charge in [0.15, 0.2) is 6.10 Å². The molecule has 1 aromatic heterocycles. The number of hydrogen-bond donors (Lipinski definition) is 2. The first-order valence-electron chi connectivity index (χ1n) is 9.20. The number of aryl methyl sites for hydroxylation is 2. The average molecular weight is 449 g/mol. The van der Waals surface area contributed by atoms with Crippen LogP contribution in [0.15, 0.2) is 22.7 Å². The van der Waals surface area contributed by atoms with Crippen LogP contribution in [0.5, 0.6) is 5.75 Å². The summed E-state index contributed by atoms with van der Waals surface area (Å²) in [5.74, 6) is 0.108. The Kier molecular flexibility index (Phi) is 5.68. The molecule has 0 bridgehead atoms. The van der Waals surface area contributed by atoms with E-state index in [1.807, 2.05) is 39.0 Å². The SMILES string of the molecule is Cc1nc(N)c(Br)c(-c2ccc3c(c2)CCCO3)c1C(OC(C)(C)C)C(=O)O. The summed E-state index contributed by atoms with van der Waals surface area (Å²) in [6.45, 7) is 7.95. The third kappa shape index (κ3) is 4.15. The van der Waals surface area contributed by atoms with Crippen molar-refractivity contribution in [2.75, 3.05) is 12.3 Å². The highest BCUT2D eigenvalue weighted by Gasteiger charge is 2.33. The number of fused-ring (bicyclic) bond motifs is 1. The number of pyridine rings is 1. The van der Waals surface area contributed by atoms with E-state index in [1.54, 1.807) is 6.92 Å². The lowest BCUT2D eigenvalue weighted by molar-refractivity contribution is -0.160. The zero-order valence-electron chi connectivity index (χ0n) is 16.5. The van der Waals surface area contributed by atoms with Gasteiger partial charge in [-0.2, -0.15) is 0 Å². The van der Waals surface area contributed by atoms with Gasteiger partial charge in [0.1, 0.15) is 11.6 Å². The van der Waals surface area contributed by atoms with Gasteiger partial charge in [0, 0.05) is 16.8 Å². The molecule has 3 rings (SSSR count). The van der Waals surface area contributed by atoms with Gasteiger partial charge in [0.05, 0.1) is 16.7 Å². The fourth-order valence-corrected chi connectivity index (χ4v) is 3.95. The third-order valence-corrected chi connectivity index (χ3v) is 5.35. The predicted molar refractivity (Wildman–Crippen MR) is 112 cm³/mol. The van der Waals surface area contributed by atoms with Crippen LogP contribution >= 0.6 is 15.9 Å². The minimum absolute atomic E-state index is 0.310. The van der Waals surface area contributed by atoms with E-state index < -0.39 is 17.7 Å². The van der Waals surface area contributed by atoms with Crippen LogP contribution in [0.25, 0.3) is 11.1 Å². The Balaban J connectivity index is 2.24. The monoisotopic (exact) mass is 448 g/mol. The number of ether oxygens (including phenoxy) is 2. The number of nitrogen functional groups attached to an aromatic ring is 1. The Morgan fingerprint density at radius 1 is 1.39 bits per heavy atom. The molecule has 0 saturated heterocycles. The van der Waals surface area contributed by atoms with Gasteiger partial charge in [-0.3, -0.25) is 0 Å². The van der Waals surface area contributed by atoms with E-state index in [9.17, 15) is 9.90 Å².